The second kappa shape index (κ2) is 26.2. The molecule has 21 nitrogen and oxygen atoms in total. The molecule has 9 aliphatic rings. The second-order valence-corrected chi connectivity index (χ2v) is 22.8. The molecule has 9 fully saturated rings. The second-order valence-electron chi connectivity index (χ2n) is 22.8. The number of nitrogens with zero attached hydrogens (tertiary/aromatic N) is 9. The molecule has 3 aromatic carbocycles. The molecule has 8 amide bonds. The number of nitrogens with one attached hydrogen (secondary N) is 3. The van der Waals surface area contributed by atoms with Crippen LogP contribution < -0.4 is 21.7 Å². The standard InChI is InChI=1S/C21H23N3O2.C16H21N3O2.C11H20N4O2.C11H17N3O2/c1-23-12-13-24-17(14-23)20(25)22-19(21(24)26)18(15-8-4-2-5-9-15)16-10-6-3-7-11-16;1-18-9-10-19-14(11-18)15(20)17-13(16(19)21)8-7-12-5-3-2-4-6-12;1-14-5-6-15-9(7-14)10(16)13-8(11(15)17)3-2-4-12;1-12-5-6-14-9(7-12)11(16)13-4-2-3-8(13)10(14)15/h2-11,17-19H,12-14H2,1H3,(H,22,25);2-6,13-14H,7-11H2,1H3,(H,17,20);8-9H,2-7,12H2,1H3,(H,13,16);8-9H,2-7H2,1H3. The largest absolute Gasteiger partial charge is 0.342 e. The molecule has 0 aromatic heterocycles. The zero-order valence-corrected chi connectivity index (χ0v) is 46.9. The Kier molecular flexibility index (Phi) is 19.0. The molecular weight excluding hydrogens is 1020 g/mol. The number of aryl methyl sites for hydroxylation is 1. The SMILES string of the molecule is CN1CCN2C(=O)C(C(c3ccccc3)c3ccccc3)NC(=O)C2C1.CN1CCN2C(=O)C(CCCN)NC(=O)C2C1.CN1CCN2C(=O)C(CCc3ccccc3)NC(=O)C2C1.CN1CCN2C(=O)C3CCCN3C(=O)C2C1. The lowest BCUT2D eigenvalue weighted by molar-refractivity contribution is -0.162. The van der Waals surface area contributed by atoms with Crippen LogP contribution in [0.25, 0.3) is 0 Å². The molecule has 9 heterocycles. The number of amides is 8. The van der Waals surface area contributed by atoms with Crippen LogP contribution in [0.2, 0.25) is 0 Å². The summed E-state index contributed by atoms with van der Waals surface area (Å²) in [5.41, 5.74) is 8.69. The Morgan fingerprint density at radius 2 is 0.825 bits per heavy atom. The quantitative estimate of drug-likeness (QED) is 0.207. The molecule has 3 aromatic rings. The summed E-state index contributed by atoms with van der Waals surface area (Å²) in [6.07, 6.45) is 4.68. The molecule has 0 saturated carbocycles. The predicted molar refractivity (Wildman–Crippen MR) is 300 cm³/mol. The fraction of sp³-hybridized carbons (Fsp3) is 0.559. The minimum Gasteiger partial charge on any atom is -0.342 e. The zero-order valence-electron chi connectivity index (χ0n) is 46.9. The van der Waals surface area contributed by atoms with Crippen molar-refractivity contribution in [3.8, 4) is 0 Å². The first-order chi connectivity index (χ1) is 38.6. The highest BCUT2D eigenvalue weighted by atomic mass is 16.2. The summed E-state index contributed by atoms with van der Waals surface area (Å²) in [7, 11) is 7.94. The molecule has 9 aliphatic heterocycles. The molecular formula is C59H81N13O8. The topological polar surface area (TPSA) is 228 Å². The molecule has 430 valence electrons. The van der Waals surface area contributed by atoms with Crippen molar-refractivity contribution in [3.05, 3.63) is 108 Å². The van der Waals surface area contributed by atoms with Gasteiger partial charge in [0.2, 0.25) is 47.3 Å². The van der Waals surface area contributed by atoms with E-state index in [0.717, 1.165) is 69.5 Å². The monoisotopic (exact) mass is 1100 g/mol. The van der Waals surface area contributed by atoms with Gasteiger partial charge in [-0.3, -0.25) is 38.4 Å². The van der Waals surface area contributed by atoms with E-state index in [9.17, 15) is 38.4 Å². The Labute approximate surface area is 470 Å². The number of hydrogen-bond donors (Lipinski definition) is 4. The van der Waals surface area contributed by atoms with Crippen LogP contribution in [0.1, 0.15) is 54.7 Å². The molecule has 21 heteroatoms. The predicted octanol–water partition coefficient (Wildman–Crippen LogP) is -0.780. The van der Waals surface area contributed by atoms with Gasteiger partial charge < -0.3 is 65.8 Å². The third kappa shape index (κ3) is 13.0. The number of fused-ring (bicyclic) bond motifs is 5. The van der Waals surface area contributed by atoms with Crippen LogP contribution in [0, 0.1) is 0 Å². The van der Waals surface area contributed by atoms with Crippen molar-refractivity contribution in [2.75, 3.05) is 120 Å². The summed E-state index contributed by atoms with van der Waals surface area (Å²) in [6, 6.07) is 27.3. The molecule has 8 unspecified atom stereocenters. The van der Waals surface area contributed by atoms with E-state index in [4.69, 9.17) is 5.73 Å². The summed E-state index contributed by atoms with van der Waals surface area (Å²) in [5.74, 6) is 0.175. The Hall–Kier alpha value is -6.78. The maximum absolute atomic E-state index is 13.3. The summed E-state index contributed by atoms with van der Waals surface area (Å²) >= 11 is 0. The molecule has 0 bridgehead atoms. The van der Waals surface area contributed by atoms with Gasteiger partial charge in [-0.1, -0.05) is 91.0 Å². The van der Waals surface area contributed by atoms with Gasteiger partial charge in [-0.2, -0.15) is 0 Å². The highest BCUT2D eigenvalue weighted by molar-refractivity contribution is 6.00. The fourth-order valence-corrected chi connectivity index (χ4v) is 12.6. The molecule has 12 rings (SSSR count). The van der Waals surface area contributed by atoms with Gasteiger partial charge >= 0.3 is 0 Å². The van der Waals surface area contributed by atoms with Gasteiger partial charge in [0.25, 0.3) is 0 Å². The molecule has 0 spiro atoms. The van der Waals surface area contributed by atoms with Crippen molar-refractivity contribution in [1.29, 1.82) is 0 Å². The number of benzene rings is 3. The Morgan fingerprint density at radius 3 is 1.30 bits per heavy atom. The van der Waals surface area contributed by atoms with Crippen molar-refractivity contribution in [2.24, 2.45) is 5.73 Å². The Morgan fingerprint density at radius 1 is 0.438 bits per heavy atom. The van der Waals surface area contributed by atoms with Gasteiger partial charge in [-0.05, 0) is 90.0 Å². The third-order valence-electron chi connectivity index (χ3n) is 17.2. The van der Waals surface area contributed by atoms with Crippen LogP contribution in [-0.4, -0.2) is 260 Å². The molecule has 9 saturated heterocycles. The van der Waals surface area contributed by atoms with E-state index in [-0.39, 0.29) is 95.5 Å². The zero-order chi connectivity index (χ0) is 56.6. The van der Waals surface area contributed by atoms with E-state index in [1.54, 1.807) is 24.5 Å². The molecule has 80 heavy (non-hydrogen) atoms. The summed E-state index contributed by atoms with van der Waals surface area (Å²) in [6.45, 7) is 9.78. The summed E-state index contributed by atoms with van der Waals surface area (Å²) in [4.78, 5) is 117. The van der Waals surface area contributed by atoms with E-state index in [0.29, 0.717) is 71.7 Å². The van der Waals surface area contributed by atoms with Gasteiger partial charge in [0.1, 0.15) is 48.3 Å². The average molecular weight is 1100 g/mol. The van der Waals surface area contributed by atoms with Crippen molar-refractivity contribution in [1.82, 2.24) is 60.0 Å². The number of carbonyl (C=O) groups excluding carboxylic acids is 8. The normalized spacial score (nSPS) is 28.1. The van der Waals surface area contributed by atoms with E-state index in [1.165, 1.54) is 5.56 Å². The number of rotatable bonds is 9. The number of piperazine rings is 8. The van der Waals surface area contributed by atoms with Crippen LogP contribution in [0.15, 0.2) is 91.0 Å². The maximum atomic E-state index is 13.3. The minimum absolute atomic E-state index is 0.0143. The van der Waals surface area contributed by atoms with Crippen molar-refractivity contribution in [3.63, 3.8) is 0 Å². The van der Waals surface area contributed by atoms with Gasteiger partial charge in [-0.15, -0.1) is 0 Å². The molecule has 0 aliphatic carbocycles. The number of nitrogens with two attached hydrogens (primary N) is 1. The van der Waals surface area contributed by atoms with Gasteiger partial charge in [0.15, 0.2) is 0 Å². The molecule has 8 atom stereocenters. The first-order valence-electron chi connectivity index (χ1n) is 28.6. The Balaban J connectivity index is 0.000000131. The van der Waals surface area contributed by atoms with Crippen LogP contribution in [0.5, 0.6) is 0 Å². The van der Waals surface area contributed by atoms with E-state index in [2.05, 4.69) is 35.6 Å². The third-order valence-corrected chi connectivity index (χ3v) is 17.2. The fourth-order valence-electron chi connectivity index (χ4n) is 12.6. The van der Waals surface area contributed by atoms with E-state index < -0.39 is 6.04 Å². The van der Waals surface area contributed by atoms with Crippen molar-refractivity contribution >= 4 is 47.3 Å². The summed E-state index contributed by atoms with van der Waals surface area (Å²) < 4.78 is 0. The first-order valence-corrected chi connectivity index (χ1v) is 28.6. The highest BCUT2D eigenvalue weighted by Gasteiger charge is 2.50. The highest BCUT2D eigenvalue weighted by Crippen LogP contribution is 2.33. The van der Waals surface area contributed by atoms with Gasteiger partial charge in [-0.25, -0.2) is 0 Å². The minimum atomic E-state index is -0.577. The lowest BCUT2D eigenvalue weighted by atomic mass is 9.82. The van der Waals surface area contributed by atoms with Crippen molar-refractivity contribution < 1.29 is 38.4 Å². The van der Waals surface area contributed by atoms with Crippen LogP contribution in [0.3, 0.4) is 0 Å². The number of carbonyl (C=O) groups is 8. The maximum Gasteiger partial charge on any atom is 0.247 e. The Bertz CT molecular complexity index is 2650. The lowest BCUT2D eigenvalue weighted by Gasteiger charge is -2.46. The first kappa shape index (κ1) is 57.9. The smallest absolute Gasteiger partial charge is 0.247 e. The number of hydrogen-bond acceptors (Lipinski definition) is 13. The average Bonchev–Trinajstić information content (AvgIpc) is 4.03. The van der Waals surface area contributed by atoms with Gasteiger partial charge in [0, 0.05) is 91.0 Å². The van der Waals surface area contributed by atoms with Crippen LogP contribution >= 0.6 is 0 Å². The van der Waals surface area contributed by atoms with E-state index >= 15 is 0 Å². The molecule has 0 radical (unpaired) electrons. The van der Waals surface area contributed by atoms with Crippen LogP contribution in [0.4, 0.5) is 0 Å². The summed E-state index contributed by atoms with van der Waals surface area (Å²) in [5, 5.41) is 8.73. The number of likely N-dealkylation sites (N-methyl/N-ethyl adjacent to an activating group) is 4. The van der Waals surface area contributed by atoms with Gasteiger partial charge in [0.05, 0.1) is 0 Å². The van der Waals surface area contributed by atoms with E-state index in [1.807, 2.05) is 119 Å². The lowest BCUT2D eigenvalue weighted by Crippen LogP contribution is -2.69. The van der Waals surface area contributed by atoms with Crippen LogP contribution in [-0.2, 0) is 44.8 Å². The molecule has 5 N–H and O–H groups in total. The van der Waals surface area contributed by atoms with Crippen molar-refractivity contribution in [2.45, 2.75) is 92.8 Å².